The lowest BCUT2D eigenvalue weighted by Gasteiger charge is -2.14. The van der Waals surface area contributed by atoms with Crippen molar-refractivity contribution in [2.45, 2.75) is 147 Å². The average Bonchev–Trinajstić information content (AvgIpc) is 1.61. The van der Waals surface area contributed by atoms with Gasteiger partial charge in [0, 0.05) is 117 Å². The molecule has 10 N–H and O–H groups in total. The fourth-order valence-electron chi connectivity index (χ4n) is 14.2. The Hall–Kier alpha value is -18.8. The van der Waals surface area contributed by atoms with Crippen molar-refractivity contribution in [1.29, 1.82) is 0 Å². The van der Waals surface area contributed by atoms with Gasteiger partial charge in [0.25, 0.3) is 35.4 Å². The molecule has 3 saturated heterocycles. The number of aryl methyl sites for hydroxylation is 3. The number of nitrogens with zero attached hydrogens (tertiary/aromatic N) is 20. The van der Waals surface area contributed by atoms with E-state index in [4.69, 9.17) is 52.4 Å². The van der Waals surface area contributed by atoms with Gasteiger partial charge in [0.2, 0.25) is 0 Å². The first-order chi connectivity index (χ1) is 71.3. The molecule has 0 atom stereocenters. The van der Waals surface area contributed by atoms with Gasteiger partial charge >= 0.3 is 35.8 Å². The zero-order valence-corrected chi connectivity index (χ0v) is 79.5. The maximum absolute atomic E-state index is 12.5. The monoisotopic (exact) mass is 2020 g/mol. The smallest absolute Gasteiger partial charge is 0.363 e. The lowest BCUT2D eigenvalue weighted by Crippen LogP contribution is -2.32. The van der Waals surface area contributed by atoms with Crippen LogP contribution in [0.3, 0.4) is 0 Å². The second kappa shape index (κ2) is 59.2. The van der Waals surface area contributed by atoms with Crippen LogP contribution in [0.15, 0.2) is 275 Å². The van der Waals surface area contributed by atoms with E-state index in [9.17, 15) is 87.5 Å². The number of hydrogen-bond donors (Lipinski definition) is 9. The van der Waals surface area contributed by atoms with Gasteiger partial charge in [-0.25, -0.2) is 24.0 Å². The van der Waals surface area contributed by atoms with Crippen LogP contribution in [-0.2, 0) is 88.0 Å². The van der Waals surface area contributed by atoms with E-state index >= 15 is 0 Å². The Morgan fingerprint density at radius 1 is 0.345 bits per heavy atom. The molecule has 3 fully saturated rings. The predicted molar refractivity (Wildman–Crippen MR) is 528 cm³/mol. The van der Waals surface area contributed by atoms with Gasteiger partial charge in [-0.2, -0.15) is 25.5 Å². The highest BCUT2D eigenvalue weighted by Gasteiger charge is 2.35. The van der Waals surface area contributed by atoms with E-state index in [1.165, 1.54) is 95.1 Å². The summed E-state index contributed by atoms with van der Waals surface area (Å²) in [5, 5.41) is 119. The maximum Gasteiger partial charge on any atom is 0.363 e. The molecule has 0 spiro atoms. The van der Waals surface area contributed by atoms with Gasteiger partial charge in [-0.3, -0.25) is 48.4 Å². The molecule has 1 aliphatic carbocycles. The van der Waals surface area contributed by atoms with Gasteiger partial charge < -0.3 is 55.9 Å². The molecule has 14 rings (SSSR count). The number of phenolic OH excluding ortho intramolecular Hbond substituents is 4. The van der Waals surface area contributed by atoms with Crippen molar-refractivity contribution < 1.29 is 122 Å². The molecule has 46 nitrogen and oxygen atoms in total. The van der Waals surface area contributed by atoms with Crippen LogP contribution >= 0.6 is 0 Å². The number of carboxylic acid groups (broad SMARTS) is 3. The summed E-state index contributed by atoms with van der Waals surface area (Å²) in [5.74, 6) is -7.72. The van der Waals surface area contributed by atoms with Crippen molar-refractivity contribution in [2.75, 3.05) is 32.8 Å². The number of ether oxygens (including phenoxy) is 1. The molecule has 0 unspecified atom stereocenters. The highest BCUT2D eigenvalue weighted by atomic mass is 16.7. The molecule has 3 aliphatic heterocycles. The van der Waals surface area contributed by atoms with Gasteiger partial charge in [-0.05, 0) is 277 Å². The highest BCUT2D eigenvalue weighted by Crippen LogP contribution is 2.45. The molecule has 0 radical (unpaired) electrons. The number of rotatable bonds is 42. The number of azide groups is 3. The molecule has 3 heterocycles. The van der Waals surface area contributed by atoms with Crippen LogP contribution in [0.25, 0.3) is 42.5 Å². The Kier molecular flexibility index (Phi) is 45.1. The van der Waals surface area contributed by atoms with Crippen LogP contribution in [0.5, 0.6) is 23.0 Å². The fraction of sp³-hybridized carbons (Fsp3) is 0.275. The third-order valence-electron chi connectivity index (χ3n) is 21.9. The van der Waals surface area contributed by atoms with E-state index in [1.54, 1.807) is 78.9 Å². The molecule has 4 aliphatic rings. The first-order valence-electron chi connectivity index (χ1n) is 46.2. The van der Waals surface area contributed by atoms with Crippen LogP contribution in [0.1, 0.15) is 196 Å². The summed E-state index contributed by atoms with van der Waals surface area (Å²) < 4.78 is 5.67. The number of Topliss-reactive ketones (excluding diaryl/α,β-unsaturated/α-hetero) is 2. The number of aromatic carboxylic acids is 3. The van der Waals surface area contributed by atoms with Crippen molar-refractivity contribution in [2.24, 2.45) is 62.0 Å². The minimum Gasteiger partial charge on any atom is -0.506 e. The second-order valence-corrected chi connectivity index (χ2v) is 32.6. The van der Waals surface area contributed by atoms with Crippen LogP contribution in [0, 0.1) is 0 Å². The van der Waals surface area contributed by atoms with E-state index < -0.39 is 65.3 Å². The standard InChI is InChI=1S/C31H26N2O5.C24H24N6O6.C20H21N5O4.C15H15N3O3.C8H10N4O4.C4H5NO3/c34-29-18-20(12-17-28(29)33-32-22-15-13-21(14-16-22)31(36)37)6-5-11-30(35)38-19-27-25-9-3-1-7-23(25)24-8-2-4-10-26(24)27;25-29-26-14-2-5-19(31)4-1-3-16-6-11-20(21(32)15-16)28-27-18-9-7-17(8-10-18)24(35)36-30-22(33)12-13-23(30)34;21-25-22-12-2-5-17(26)4-1-3-14-6-11-18(19(27)13-14)24-23-16-9-7-15(8-10-16)20(28)29;16-8-7-10-1-6-13(14(19)9-10)18-17-12-4-2-11(3-5-12)15(20)21;9-11-10-5-1-2-8(15)16-12-6(13)3-4-7(12)14;6-3-1-2-4(7)5(3)8/h1-4,7-10,12-18,27,34H,5-6,11,19H2,(H,36,37);6-11,15,32H,1-5,12-14H2;6-11,13,27H,1-5,12H2,(H,28,29);1-6,9,19H,7-8,16H2,(H,20,21);1-5H2;8H,1-2H2. The van der Waals surface area contributed by atoms with E-state index in [0.29, 0.717) is 166 Å². The van der Waals surface area contributed by atoms with E-state index in [0.717, 1.165) is 22.3 Å². The first-order valence-corrected chi connectivity index (χ1v) is 46.2. The quantitative estimate of drug-likeness (QED) is 0.00326. The van der Waals surface area contributed by atoms with Crippen LogP contribution in [0.2, 0.25) is 0 Å². The summed E-state index contributed by atoms with van der Waals surface area (Å²) in [7, 11) is 0. The number of nitrogens with two attached hydrogens (primary N) is 1. The lowest BCUT2D eigenvalue weighted by atomic mass is 9.98. The molecule has 10 aromatic rings. The number of azo groups is 4. The summed E-state index contributed by atoms with van der Waals surface area (Å²) in [6, 6.07) is 60.4. The van der Waals surface area contributed by atoms with Gasteiger partial charge in [0.1, 0.15) is 63.9 Å². The first kappa shape index (κ1) is 113. The number of hydrogen-bond acceptors (Lipinski definition) is 34. The summed E-state index contributed by atoms with van der Waals surface area (Å²) in [6.45, 7) is 1.64. The number of esters is 1. The number of carbonyl (C=O) groups excluding carboxylic acids is 11. The molecule has 46 heteroatoms. The van der Waals surface area contributed by atoms with Gasteiger partial charge in [0.05, 0.1) is 45.0 Å². The number of fused-ring (bicyclic) bond motifs is 3. The molecule has 10 aromatic carbocycles. The van der Waals surface area contributed by atoms with Crippen molar-refractivity contribution in [3.05, 3.63) is 305 Å². The molecule has 0 saturated carbocycles. The molecular weight excluding hydrogens is 1920 g/mol. The number of imide groups is 3. The number of carbonyl (C=O) groups is 14. The van der Waals surface area contributed by atoms with Crippen molar-refractivity contribution in [1.82, 2.24) is 15.2 Å². The third kappa shape index (κ3) is 37.0. The maximum atomic E-state index is 12.5. The topological polar surface area (TPSA) is 709 Å². The Morgan fingerprint density at radius 3 is 0.946 bits per heavy atom. The van der Waals surface area contributed by atoms with E-state index in [1.807, 2.05) is 42.5 Å². The molecule has 6 amide bonds. The summed E-state index contributed by atoms with van der Waals surface area (Å²) in [6.07, 6.45) is 8.22. The molecule has 764 valence electrons. The van der Waals surface area contributed by atoms with Crippen LogP contribution < -0.4 is 5.73 Å². The number of benzene rings is 10. The number of amides is 6. The highest BCUT2D eigenvalue weighted by molar-refractivity contribution is 6.04. The predicted octanol–water partition coefficient (Wildman–Crippen LogP) is 20.9. The van der Waals surface area contributed by atoms with E-state index in [2.05, 4.69) is 100 Å². The van der Waals surface area contributed by atoms with Crippen molar-refractivity contribution in [3.8, 4) is 34.1 Å². The zero-order chi connectivity index (χ0) is 107. The Morgan fingerprint density at radius 2 is 0.635 bits per heavy atom. The summed E-state index contributed by atoms with van der Waals surface area (Å²) >= 11 is 0. The van der Waals surface area contributed by atoms with Crippen LogP contribution in [0.4, 0.5) is 45.5 Å². The third-order valence-corrected chi connectivity index (χ3v) is 21.9. The Bertz CT molecular complexity index is 6650. The molecule has 0 aromatic heterocycles. The van der Waals surface area contributed by atoms with Gasteiger partial charge in [0.15, 0.2) is 0 Å². The average molecular weight is 2020 g/mol. The molecule has 148 heavy (non-hydrogen) atoms. The normalized spacial score (nSPS) is 12.7. The minimum absolute atomic E-state index is 0.00389. The number of phenols is 4. The van der Waals surface area contributed by atoms with Gasteiger partial charge in [-0.1, -0.05) is 88.1 Å². The molecule has 0 bridgehead atoms. The number of hydroxylamine groups is 6. The SMILES string of the molecule is NCCc1ccc(N=Nc2ccc(C(=O)O)cc2)c(O)c1.O=C(CCCc1ccc(N=Nc2ccc(C(=O)O)cc2)c(O)c1)OCC1c2ccccc2-c2ccccc21.O=C1CCC(=O)N1O.[N-]=[N+]=NCCCC(=O)CCCc1ccc(N=Nc2ccc(C(=O)O)cc2)c(O)c1.[N-]=[N+]=NCCCC(=O)CCCc1ccc(N=Nc2ccc(C(=O)ON3C(=O)CCC3=O)cc2)c(O)c1.[N-]=[N+]=NCCCC(=O)ON1C(=O)CCC1=O. The number of ketones is 2. The zero-order valence-electron chi connectivity index (χ0n) is 79.5. The summed E-state index contributed by atoms with van der Waals surface area (Å²) in [4.78, 5) is 175. The number of carboxylic acids is 3. The fourth-order valence-corrected chi connectivity index (χ4v) is 14.2. The minimum atomic E-state index is -1.02. The van der Waals surface area contributed by atoms with E-state index in [-0.39, 0.29) is 137 Å². The van der Waals surface area contributed by atoms with Crippen molar-refractivity contribution in [3.63, 3.8) is 0 Å². The Balaban J connectivity index is 0.000000207. The lowest BCUT2D eigenvalue weighted by molar-refractivity contribution is -0.197. The second-order valence-electron chi connectivity index (χ2n) is 32.6. The Labute approximate surface area is 843 Å². The van der Waals surface area contributed by atoms with Gasteiger partial charge in [-0.15, -0.1) is 30.6 Å². The largest absolute Gasteiger partial charge is 0.506 e. The number of aromatic hydroxyl groups is 4. The van der Waals surface area contributed by atoms with Crippen LogP contribution in [-0.4, -0.2) is 172 Å². The summed E-state index contributed by atoms with van der Waals surface area (Å²) in [5.41, 5.74) is 41.8. The van der Waals surface area contributed by atoms with Crippen molar-refractivity contribution >= 4 is 128 Å². The molecular formula is C102H101N21O25.